The molecule has 0 spiro atoms. The highest BCUT2D eigenvalue weighted by Crippen LogP contribution is 2.27. The SMILES string of the molecule is Fc1ccc(Nc2ncnc3ccc(NC(=S)NCCN4CCCCC4)cc23)cc1Cl. The second-order valence-corrected chi connectivity index (χ2v) is 8.31. The Kier molecular flexibility index (Phi) is 7.11. The Morgan fingerprint density at radius 3 is 2.68 bits per heavy atom. The van der Waals surface area contributed by atoms with Gasteiger partial charge in [0.05, 0.1) is 10.5 Å². The standard InChI is InChI=1S/C22H24ClFN6S/c23-18-13-16(4-6-19(18)24)28-21-17-12-15(5-7-20(17)26-14-27-21)29-22(31)25-8-11-30-9-2-1-3-10-30/h4-7,12-14H,1-3,8-11H2,(H2,25,29,31)(H,26,27,28). The van der Waals surface area contributed by atoms with E-state index in [1.807, 2.05) is 18.2 Å². The first-order chi connectivity index (χ1) is 15.1. The largest absolute Gasteiger partial charge is 0.361 e. The first kappa shape index (κ1) is 21.7. The van der Waals surface area contributed by atoms with Crippen LogP contribution in [0.25, 0.3) is 10.9 Å². The normalized spacial score (nSPS) is 14.4. The summed E-state index contributed by atoms with van der Waals surface area (Å²) in [5.74, 6) is 0.132. The van der Waals surface area contributed by atoms with Crippen LogP contribution >= 0.6 is 23.8 Å². The van der Waals surface area contributed by atoms with E-state index in [1.54, 1.807) is 6.07 Å². The Bertz CT molecular complexity index is 1070. The van der Waals surface area contributed by atoms with Crippen molar-refractivity contribution in [3.63, 3.8) is 0 Å². The molecule has 3 aromatic rings. The Hall–Kier alpha value is -2.55. The number of hydrogen-bond acceptors (Lipinski definition) is 5. The summed E-state index contributed by atoms with van der Waals surface area (Å²) in [5.41, 5.74) is 2.25. The third kappa shape index (κ3) is 5.78. The number of nitrogens with one attached hydrogen (secondary N) is 3. The number of piperidine rings is 1. The monoisotopic (exact) mass is 458 g/mol. The van der Waals surface area contributed by atoms with Crippen molar-refractivity contribution in [2.24, 2.45) is 0 Å². The zero-order chi connectivity index (χ0) is 21.6. The van der Waals surface area contributed by atoms with E-state index in [-0.39, 0.29) is 5.02 Å². The van der Waals surface area contributed by atoms with E-state index >= 15 is 0 Å². The summed E-state index contributed by atoms with van der Waals surface area (Å²) in [4.78, 5) is 11.1. The van der Waals surface area contributed by atoms with Gasteiger partial charge in [-0.15, -0.1) is 0 Å². The second-order valence-electron chi connectivity index (χ2n) is 7.49. The minimum absolute atomic E-state index is 0.0479. The minimum Gasteiger partial charge on any atom is -0.361 e. The summed E-state index contributed by atoms with van der Waals surface area (Å²) in [6.45, 7) is 4.13. The Morgan fingerprint density at radius 2 is 1.87 bits per heavy atom. The smallest absolute Gasteiger partial charge is 0.170 e. The lowest BCUT2D eigenvalue weighted by Crippen LogP contribution is -2.39. The maximum Gasteiger partial charge on any atom is 0.170 e. The van der Waals surface area contributed by atoms with Gasteiger partial charge in [-0.3, -0.25) is 0 Å². The van der Waals surface area contributed by atoms with Gasteiger partial charge < -0.3 is 20.9 Å². The molecule has 2 aromatic carbocycles. The molecule has 1 fully saturated rings. The van der Waals surface area contributed by atoms with Gasteiger partial charge in [-0.25, -0.2) is 14.4 Å². The molecule has 0 unspecified atom stereocenters. The van der Waals surface area contributed by atoms with Crippen LogP contribution in [-0.2, 0) is 0 Å². The summed E-state index contributed by atoms with van der Waals surface area (Å²) in [5, 5.41) is 11.1. The molecule has 1 saturated heterocycles. The van der Waals surface area contributed by atoms with Crippen LogP contribution < -0.4 is 16.0 Å². The van der Waals surface area contributed by atoms with Crippen molar-refractivity contribution >= 4 is 57.0 Å². The fraction of sp³-hybridized carbons (Fsp3) is 0.318. The molecule has 0 atom stereocenters. The first-order valence-corrected chi connectivity index (χ1v) is 11.1. The summed E-state index contributed by atoms with van der Waals surface area (Å²) in [7, 11) is 0. The maximum atomic E-state index is 13.4. The summed E-state index contributed by atoms with van der Waals surface area (Å²) in [6, 6.07) is 10.2. The van der Waals surface area contributed by atoms with Crippen LogP contribution in [-0.4, -0.2) is 46.2 Å². The molecular formula is C22H24ClFN6S. The average molecular weight is 459 g/mol. The molecule has 162 valence electrons. The quantitative estimate of drug-likeness (QED) is 0.452. The van der Waals surface area contributed by atoms with Gasteiger partial charge >= 0.3 is 0 Å². The number of aromatic nitrogens is 2. The number of hydrogen-bond donors (Lipinski definition) is 3. The molecular weight excluding hydrogens is 435 g/mol. The number of fused-ring (bicyclic) bond motifs is 1. The van der Waals surface area contributed by atoms with Crippen LogP contribution in [0.15, 0.2) is 42.7 Å². The molecule has 31 heavy (non-hydrogen) atoms. The van der Waals surface area contributed by atoms with Gasteiger partial charge in [0.2, 0.25) is 0 Å². The molecule has 3 N–H and O–H groups in total. The number of likely N-dealkylation sites (tertiary alicyclic amines) is 1. The number of nitrogens with zero attached hydrogens (tertiary/aromatic N) is 3. The van der Waals surface area contributed by atoms with Gasteiger partial charge in [0.25, 0.3) is 0 Å². The molecule has 9 heteroatoms. The van der Waals surface area contributed by atoms with E-state index in [2.05, 4.69) is 30.8 Å². The lowest BCUT2D eigenvalue weighted by molar-refractivity contribution is 0.232. The van der Waals surface area contributed by atoms with Gasteiger partial charge in [0.1, 0.15) is 18.0 Å². The topological polar surface area (TPSA) is 65.1 Å². The van der Waals surface area contributed by atoms with E-state index in [1.165, 1.54) is 50.8 Å². The average Bonchev–Trinajstić information content (AvgIpc) is 2.77. The Morgan fingerprint density at radius 1 is 1.06 bits per heavy atom. The number of rotatable bonds is 6. The van der Waals surface area contributed by atoms with Crippen LogP contribution in [0.1, 0.15) is 19.3 Å². The highest BCUT2D eigenvalue weighted by atomic mass is 35.5. The Balaban J connectivity index is 1.42. The Labute approximate surface area is 191 Å². The van der Waals surface area contributed by atoms with Crippen molar-refractivity contribution in [3.8, 4) is 0 Å². The summed E-state index contributed by atoms with van der Waals surface area (Å²) in [6.07, 6.45) is 5.38. The van der Waals surface area contributed by atoms with Gasteiger partial charge in [-0.2, -0.15) is 0 Å². The predicted octanol–water partition coefficient (Wildman–Crippen LogP) is 4.94. The van der Waals surface area contributed by atoms with E-state index in [0.717, 1.165) is 29.7 Å². The van der Waals surface area contributed by atoms with Gasteiger partial charge in [-0.05, 0) is 74.5 Å². The van der Waals surface area contributed by atoms with Crippen LogP contribution in [0.5, 0.6) is 0 Å². The van der Waals surface area contributed by atoms with E-state index in [0.29, 0.717) is 16.6 Å². The second kappa shape index (κ2) is 10.2. The zero-order valence-electron chi connectivity index (χ0n) is 17.0. The summed E-state index contributed by atoms with van der Waals surface area (Å²) >= 11 is 11.3. The molecule has 1 aliphatic heterocycles. The first-order valence-electron chi connectivity index (χ1n) is 10.3. The fourth-order valence-electron chi connectivity index (χ4n) is 3.63. The van der Waals surface area contributed by atoms with Crippen LogP contribution in [0.4, 0.5) is 21.6 Å². The number of benzene rings is 2. The zero-order valence-corrected chi connectivity index (χ0v) is 18.6. The molecule has 0 amide bonds. The molecule has 6 nitrogen and oxygen atoms in total. The van der Waals surface area contributed by atoms with Gasteiger partial charge in [-0.1, -0.05) is 18.0 Å². The molecule has 0 bridgehead atoms. The molecule has 1 aromatic heterocycles. The fourth-order valence-corrected chi connectivity index (χ4v) is 4.03. The molecule has 4 rings (SSSR count). The highest BCUT2D eigenvalue weighted by molar-refractivity contribution is 7.80. The molecule has 0 radical (unpaired) electrons. The van der Waals surface area contributed by atoms with Gasteiger partial charge in [0, 0.05) is 29.9 Å². The van der Waals surface area contributed by atoms with Crippen molar-refractivity contribution in [1.82, 2.24) is 20.2 Å². The molecule has 0 aliphatic carbocycles. The van der Waals surface area contributed by atoms with Crippen molar-refractivity contribution in [3.05, 3.63) is 53.6 Å². The van der Waals surface area contributed by atoms with Crippen molar-refractivity contribution < 1.29 is 4.39 Å². The molecule has 1 aliphatic rings. The highest BCUT2D eigenvalue weighted by Gasteiger charge is 2.10. The van der Waals surface area contributed by atoms with E-state index in [9.17, 15) is 4.39 Å². The van der Waals surface area contributed by atoms with Crippen LogP contribution in [0, 0.1) is 5.82 Å². The lowest BCUT2D eigenvalue weighted by atomic mass is 10.1. The third-order valence-electron chi connectivity index (χ3n) is 5.24. The number of anilines is 3. The minimum atomic E-state index is -0.465. The van der Waals surface area contributed by atoms with Crippen molar-refractivity contribution in [1.29, 1.82) is 0 Å². The predicted molar refractivity (Wildman–Crippen MR) is 129 cm³/mol. The third-order valence-corrected chi connectivity index (χ3v) is 5.77. The van der Waals surface area contributed by atoms with Crippen LogP contribution in [0.3, 0.4) is 0 Å². The lowest BCUT2D eigenvalue weighted by Gasteiger charge is -2.26. The van der Waals surface area contributed by atoms with Gasteiger partial charge in [0.15, 0.2) is 5.11 Å². The van der Waals surface area contributed by atoms with E-state index < -0.39 is 5.82 Å². The molecule has 0 saturated carbocycles. The van der Waals surface area contributed by atoms with Crippen LogP contribution in [0.2, 0.25) is 5.02 Å². The van der Waals surface area contributed by atoms with Crippen molar-refractivity contribution in [2.75, 3.05) is 36.8 Å². The van der Waals surface area contributed by atoms with E-state index in [4.69, 9.17) is 23.8 Å². The number of thiocarbonyl (C=S) groups is 1. The maximum absolute atomic E-state index is 13.4. The number of halogens is 2. The molecule has 2 heterocycles. The van der Waals surface area contributed by atoms with Crippen molar-refractivity contribution in [2.45, 2.75) is 19.3 Å². The summed E-state index contributed by atoms with van der Waals surface area (Å²) < 4.78 is 13.4.